The number of amides is 2. The molecule has 8 nitrogen and oxygen atoms in total. The summed E-state index contributed by atoms with van der Waals surface area (Å²) in [6.07, 6.45) is 3.78. The van der Waals surface area contributed by atoms with Crippen molar-refractivity contribution in [2.75, 3.05) is 44.2 Å². The van der Waals surface area contributed by atoms with Crippen molar-refractivity contribution >= 4 is 17.5 Å². The highest BCUT2D eigenvalue weighted by Gasteiger charge is 2.50. The molecule has 3 fully saturated rings. The Morgan fingerprint density at radius 1 is 1.03 bits per heavy atom. The molecule has 2 saturated heterocycles. The Balaban J connectivity index is 1.14. The Labute approximate surface area is 207 Å². The number of aryl methyl sites for hydroxylation is 1. The molecular weight excluding hydrogens is 440 g/mol. The molecule has 2 aromatic rings. The molecule has 0 unspecified atom stereocenters. The number of aromatic nitrogens is 2. The van der Waals surface area contributed by atoms with Crippen LogP contribution < -0.4 is 10.6 Å². The molecule has 0 bridgehead atoms. The molecule has 1 saturated carbocycles. The zero-order valence-corrected chi connectivity index (χ0v) is 20.9. The largest absolute Gasteiger partial charge is 0.368 e. The molecule has 35 heavy (non-hydrogen) atoms. The normalized spacial score (nSPS) is 23.9. The molecule has 186 valence electrons. The van der Waals surface area contributed by atoms with Crippen molar-refractivity contribution in [3.05, 3.63) is 46.3 Å². The number of nitrogens with two attached hydrogens (primary N) is 1. The Morgan fingerprint density at radius 2 is 1.77 bits per heavy atom. The smallest absolute Gasteiger partial charge is 0.274 e. The van der Waals surface area contributed by atoms with E-state index < -0.39 is 0 Å². The lowest BCUT2D eigenvalue weighted by Crippen LogP contribution is -2.50. The first kappa shape index (κ1) is 22.6. The number of piperidine rings is 1. The van der Waals surface area contributed by atoms with Gasteiger partial charge in [-0.05, 0) is 68.6 Å². The second-order valence-corrected chi connectivity index (χ2v) is 10.9. The number of anilines is 1. The van der Waals surface area contributed by atoms with Gasteiger partial charge in [0.1, 0.15) is 6.54 Å². The van der Waals surface area contributed by atoms with Gasteiger partial charge in [-0.1, -0.05) is 12.1 Å². The fourth-order valence-electron chi connectivity index (χ4n) is 6.23. The Hall–Kier alpha value is -2.87. The summed E-state index contributed by atoms with van der Waals surface area (Å²) in [7, 11) is 0. The van der Waals surface area contributed by atoms with E-state index in [2.05, 4.69) is 36.9 Å². The van der Waals surface area contributed by atoms with Crippen molar-refractivity contribution in [2.45, 2.75) is 58.0 Å². The fraction of sp³-hybridized carbons (Fsp3) is 0.593. The highest BCUT2D eigenvalue weighted by molar-refractivity contribution is 5.95. The van der Waals surface area contributed by atoms with Crippen LogP contribution in [0.25, 0.3) is 0 Å². The van der Waals surface area contributed by atoms with Crippen molar-refractivity contribution in [3.63, 3.8) is 0 Å². The van der Waals surface area contributed by atoms with Crippen molar-refractivity contribution in [2.24, 2.45) is 11.7 Å². The van der Waals surface area contributed by atoms with E-state index in [1.165, 1.54) is 16.8 Å². The van der Waals surface area contributed by atoms with E-state index in [9.17, 15) is 9.59 Å². The molecular formula is C27H36N6O2. The molecule has 6 rings (SSSR count). The average molecular weight is 477 g/mol. The Bertz CT molecular complexity index is 1160. The molecule has 1 aromatic heterocycles. The summed E-state index contributed by atoms with van der Waals surface area (Å²) in [5.74, 6) is 1.21. The van der Waals surface area contributed by atoms with E-state index in [0.717, 1.165) is 50.0 Å². The van der Waals surface area contributed by atoms with Gasteiger partial charge in [0.2, 0.25) is 5.91 Å². The number of hydrogen-bond acceptors (Lipinski definition) is 5. The minimum Gasteiger partial charge on any atom is -0.368 e. The van der Waals surface area contributed by atoms with Gasteiger partial charge in [0.15, 0.2) is 5.69 Å². The van der Waals surface area contributed by atoms with Gasteiger partial charge in [-0.25, -0.2) is 0 Å². The van der Waals surface area contributed by atoms with Gasteiger partial charge in [0, 0.05) is 62.3 Å². The van der Waals surface area contributed by atoms with Gasteiger partial charge in [0.25, 0.3) is 5.91 Å². The minimum absolute atomic E-state index is 0.0223. The number of benzene rings is 1. The molecule has 4 aliphatic rings. The van der Waals surface area contributed by atoms with Crippen molar-refractivity contribution < 1.29 is 9.59 Å². The van der Waals surface area contributed by atoms with Crippen LogP contribution in [0, 0.1) is 19.8 Å². The summed E-state index contributed by atoms with van der Waals surface area (Å²) in [6, 6.07) is 6.61. The molecule has 2 amide bonds. The second-order valence-electron chi connectivity index (χ2n) is 10.9. The van der Waals surface area contributed by atoms with E-state index in [0.29, 0.717) is 43.7 Å². The molecule has 2 N–H and O–H groups in total. The molecule has 1 aromatic carbocycles. The Morgan fingerprint density at radius 3 is 2.51 bits per heavy atom. The third-order valence-corrected chi connectivity index (χ3v) is 8.71. The van der Waals surface area contributed by atoms with Gasteiger partial charge in [-0.2, -0.15) is 5.10 Å². The predicted molar refractivity (Wildman–Crippen MR) is 135 cm³/mol. The van der Waals surface area contributed by atoms with Gasteiger partial charge >= 0.3 is 0 Å². The average Bonchev–Trinajstić information content (AvgIpc) is 3.39. The zero-order chi connectivity index (χ0) is 24.3. The number of carbonyl (C=O) groups is 2. The summed E-state index contributed by atoms with van der Waals surface area (Å²) in [5, 5.41) is 4.76. The summed E-state index contributed by atoms with van der Waals surface area (Å²) in [5.41, 5.74) is 12.7. The van der Waals surface area contributed by atoms with Gasteiger partial charge in [-0.15, -0.1) is 0 Å². The van der Waals surface area contributed by atoms with E-state index in [4.69, 9.17) is 10.8 Å². The van der Waals surface area contributed by atoms with Gasteiger partial charge in [-0.3, -0.25) is 14.3 Å². The summed E-state index contributed by atoms with van der Waals surface area (Å²) in [4.78, 5) is 32.9. The summed E-state index contributed by atoms with van der Waals surface area (Å²) >= 11 is 0. The number of likely N-dealkylation sites (tertiary alicyclic amines) is 1. The summed E-state index contributed by atoms with van der Waals surface area (Å²) < 4.78 is 1.85. The van der Waals surface area contributed by atoms with E-state index in [-0.39, 0.29) is 24.4 Å². The van der Waals surface area contributed by atoms with E-state index >= 15 is 0 Å². The van der Waals surface area contributed by atoms with Gasteiger partial charge < -0.3 is 20.4 Å². The first-order valence-electron chi connectivity index (χ1n) is 13.1. The number of hydrogen-bond donors (Lipinski definition) is 1. The van der Waals surface area contributed by atoms with E-state index in [1.54, 1.807) is 0 Å². The number of piperazine rings is 1. The third-order valence-electron chi connectivity index (χ3n) is 8.71. The molecule has 2 aliphatic carbocycles. The van der Waals surface area contributed by atoms with Gasteiger partial charge in [0.05, 0.1) is 0 Å². The van der Waals surface area contributed by atoms with E-state index in [1.807, 2.05) is 14.5 Å². The SMILES string of the molecule is Cc1cccc(N2CCN(C(=O)Cn3nc(C(=O)N4CCC(N)CC4)c4c3C[C@H]3C[C@@H]43)CC2)c1C. The quantitative estimate of drug-likeness (QED) is 0.730. The number of carbonyl (C=O) groups excluding carboxylic acids is 2. The lowest BCUT2D eigenvalue weighted by Gasteiger charge is -2.37. The maximum Gasteiger partial charge on any atom is 0.274 e. The van der Waals surface area contributed by atoms with Crippen molar-refractivity contribution in [3.8, 4) is 0 Å². The van der Waals surface area contributed by atoms with Crippen LogP contribution in [0.3, 0.4) is 0 Å². The molecule has 3 heterocycles. The number of nitrogens with zero attached hydrogens (tertiary/aromatic N) is 5. The first-order chi connectivity index (χ1) is 16.9. The maximum absolute atomic E-state index is 13.4. The maximum atomic E-state index is 13.4. The van der Waals surface area contributed by atoms with Crippen LogP contribution in [0.4, 0.5) is 5.69 Å². The highest BCUT2D eigenvalue weighted by atomic mass is 16.2. The van der Waals surface area contributed by atoms with Crippen LogP contribution in [-0.2, 0) is 17.8 Å². The molecule has 8 heteroatoms. The van der Waals surface area contributed by atoms with Crippen LogP contribution in [0.5, 0.6) is 0 Å². The standard InChI is InChI=1S/C27H36N6O2/c1-17-4-3-5-22(18(17)2)30-10-12-31(13-11-30)24(34)16-33-23-15-19-14-21(19)25(23)26(29-33)27(35)32-8-6-20(28)7-9-32/h3-5,19-21H,6-16,28H2,1-2H3/t19-,21-/m1/s1. The van der Waals surface area contributed by atoms with Crippen LogP contribution in [0.15, 0.2) is 18.2 Å². The van der Waals surface area contributed by atoms with Crippen molar-refractivity contribution in [1.82, 2.24) is 19.6 Å². The van der Waals surface area contributed by atoms with Crippen LogP contribution >= 0.6 is 0 Å². The number of fused-ring (bicyclic) bond motifs is 3. The second kappa shape index (κ2) is 8.66. The van der Waals surface area contributed by atoms with Crippen LogP contribution in [-0.4, -0.2) is 76.7 Å². The third kappa shape index (κ3) is 4.01. The minimum atomic E-state index is 0.0223. The first-order valence-corrected chi connectivity index (χ1v) is 13.1. The lowest BCUT2D eigenvalue weighted by atomic mass is 10.0. The monoisotopic (exact) mass is 476 g/mol. The van der Waals surface area contributed by atoms with Crippen LogP contribution in [0.1, 0.15) is 58.1 Å². The fourth-order valence-corrected chi connectivity index (χ4v) is 6.23. The predicted octanol–water partition coefficient (Wildman–Crippen LogP) is 2.07. The number of rotatable bonds is 4. The molecule has 0 radical (unpaired) electrons. The zero-order valence-electron chi connectivity index (χ0n) is 20.9. The molecule has 2 atom stereocenters. The molecule has 2 aliphatic heterocycles. The molecule has 0 spiro atoms. The van der Waals surface area contributed by atoms with Crippen LogP contribution in [0.2, 0.25) is 0 Å². The lowest BCUT2D eigenvalue weighted by molar-refractivity contribution is -0.132. The highest BCUT2D eigenvalue weighted by Crippen LogP contribution is 2.57. The Kier molecular flexibility index (Phi) is 5.59. The van der Waals surface area contributed by atoms with Crippen molar-refractivity contribution in [1.29, 1.82) is 0 Å². The summed E-state index contributed by atoms with van der Waals surface area (Å²) in [6.45, 7) is 9.01. The topological polar surface area (TPSA) is 87.7 Å².